The molecule has 0 radical (unpaired) electrons. The standard InChI is InChI=1S/C16H29NO/c1-12(14-4-6-18-7-5-14)13(2)15-8-16(9-15)10-17(3)11-16/h12-15H,4-11H2,1-3H3/t12-,13+/m0/s1. The second kappa shape index (κ2) is 4.79. The average molecular weight is 251 g/mol. The summed E-state index contributed by atoms with van der Waals surface area (Å²) in [6.45, 7) is 9.74. The molecular weight excluding hydrogens is 222 g/mol. The molecule has 2 heterocycles. The lowest BCUT2D eigenvalue weighted by molar-refractivity contribution is -0.107. The zero-order chi connectivity index (χ0) is 12.8. The first-order valence-corrected chi connectivity index (χ1v) is 7.86. The maximum Gasteiger partial charge on any atom is 0.0468 e. The molecule has 1 aliphatic carbocycles. The lowest BCUT2D eigenvalue weighted by Crippen LogP contribution is -2.61. The van der Waals surface area contributed by atoms with Crippen LogP contribution in [0.1, 0.15) is 39.5 Å². The van der Waals surface area contributed by atoms with Crippen LogP contribution in [0.25, 0.3) is 0 Å². The molecule has 0 N–H and O–H groups in total. The van der Waals surface area contributed by atoms with Crippen LogP contribution in [0.2, 0.25) is 0 Å². The summed E-state index contributed by atoms with van der Waals surface area (Å²) in [5, 5.41) is 0. The number of rotatable bonds is 3. The SMILES string of the molecule is C[C@H](C1CCOCC1)[C@@H](C)C1CC2(C1)CN(C)C2. The van der Waals surface area contributed by atoms with Crippen LogP contribution in [0.3, 0.4) is 0 Å². The van der Waals surface area contributed by atoms with Crippen molar-refractivity contribution in [2.24, 2.45) is 29.1 Å². The summed E-state index contributed by atoms with van der Waals surface area (Å²) in [6.07, 6.45) is 5.61. The van der Waals surface area contributed by atoms with Crippen LogP contribution >= 0.6 is 0 Å². The Morgan fingerprint density at radius 1 is 1.00 bits per heavy atom. The highest BCUT2D eigenvalue weighted by molar-refractivity contribution is 5.04. The monoisotopic (exact) mass is 251 g/mol. The van der Waals surface area contributed by atoms with Crippen molar-refractivity contribution in [1.82, 2.24) is 4.90 Å². The maximum atomic E-state index is 5.50. The normalized spacial score (nSPS) is 32.8. The van der Waals surface area contributed by atoms with Gasteiger partial charge in [-0.3, -0.25) is 0 Å². The predicted octanol–water partition coefficient (Wildman–Crippen LogP) is 3.03. The lowest BCUT2D eigenvalue weighted by atomic mass is 9.53. The van der Waals surface area contributed by atoms with Crippen molar-refractivity contribution >= 4 is 0 Å². The van der Waals surface area contributed by atoms with Gasteiger partial charge in [0, 0.05) is 26.3 Å². The van der Waals surface area contributed by atoms with E-state index in [0.29, 0.717) is 0 Å². The minimum absolute atomic E-state index is 0.753. The van der Waals surface area contributed by atoms with E-state index in [1.807, 2.05) is 0 Å². The van der Waals surface area contributed by atoms with Crippen LogP contribution in [-0.2, 0) is 4.74 Å². The zero-order valence-corrected chi connectivity index (χ0v) is 12.3. The Labute approximate surface area is 112 Å². The Morgan fingerprint density at radius 3 is 2.11 bits per heavy atom. The van der Waals surface area contributed by atoms with E-state index in [2.05, 4.69) is 25.8 Å². The molecule has 104 valence electrons. The van der Waals surface area contributed by atoms with Crippen LogP contribution in [0.5, 0.6) is 0 Å². The van der Waals surface area contributed by atoms with E-state index < -0.39 is 0 Å². The largest absolute Gasteiger partial charge is 0.381 e. The molecule has 0 aromatic carbocycles. The van der Waals surface area contributed by atoms with Gasteiger partial charge in [-0.05, 0) is 61.8 Å². The molecule has 2 heteroatoms. The van der Waals surface area contributed by atoms with Crippen molar-refractivity contribution in [3.63, 3.8) is 0 Å². The molecule has 3 rings (SSSR count). The van der Waals surface area contributed by atoms with E-state index in [4.69, 9.17) is 4.74 Å². The minimum Gasteiger partial charge on any atom is -0.381 e. The van der Waals surface area contributed by atoms with Crippen LogP contribution in [0, 0.1) is 29.1 Å². The topological polar surface area (TPSA) is 12.5 Å². The van der Waals surface area contributed by atoms with E-state index >= 15 is 0 Å². The highest BCUT2D eigenvalue weighted by Gasteiger charge is 2.52. The molecule has 0 unspecified atom stereocenters. The molecule has 1 spiro atoms. The smallest absolute Gasteiger partial charge is 0.0468 e. The fourth-order valence-electron chi connectivity index (χ4n) is 4.88. The van der Waals surface area contributed by atoms with Gasteiger partial charge in [0.2, 0.25) is 0 Å². The van der Waals surface area contributed by atoms with Crippen molar-refractivity contribution in [1.29, 1.82) is 0 Å². The minimum atomic E-state index is 0.753. The van der Waals surface area contributed by atoms with E-state index in [-0.39, 0.29) is 0 Å². The zero-order valence-electron chi connectivity index (χ0n) is 12.3. The van der Waals surface area contributed by atoms with Gasteiger partial charge in [0.05, 0.1) is 0 Å². The highest BCUT2D eigenvalue weighted by atomic mass is 16.5. The van der Waals surface area contributed by atoms with Gasteiger partial charge in [0.1, 0.15) is 0 Å². The number of hydrogen-bond donors (Lipinski definition) is 0. The van der Waals surface area contributed by atoms with Crippen molar-refractivity contribution in [2.45, 2.75) is 39.5 Å². The molecule has 18 heavy (non-hydrogen) atoms. The first kappa shape index (κ1) is 12.9. The fourth-order valence-corrected chi connectivity index (χ4v) is 4.88. The van der Waals surface area contributed by atoms with Gasteiger partial charge in [0.15, 0.2) is 0 Å². The predicted molar refractivity (Wildman–Crippen MR) is 74.5 cm³/mol. The molecule has 2 nitrogen and oxygen atoms in total. The van der Waals surface area contributed by atoms with Gasteiger partial charge < -0.3 is 9.64 Å². The van der Waals surface area contributed by atoms with Crippen LogP contribution < -0.4 is 0 Å². The number of likely N-dealkylation sites (tertiary alicyclic amines) is 1. The Morgan fingerprint density at radius 2 is 1.56 bits per heavy atom. The molecule has 0 bridgehead atoms. The Kier molecular flexibility index (Phi) is 3.44. The average Bonchev–Trinajstić information content (AvgIpc) is 2.31. The summed E-state index contributed by atoms with van der Waals surface area (Å²) in [5.41, 5.74) is 0.753. The molecule has 0 amide bonds. The third-order valence-corrected chi connectivity index (χ3v) is 6.18. The summed E-state index contributed by atoms with van der Waals surface area (Å²) in [5.74, 6) is 3.75. The maximum absolute atomic E-state index is 5.50. The molecule has 2 aliphatic heterocycles. The van der Waals surface area contributed by atoms with Gasteiger partial charge in [-0.2, -0.15) is 0 Å². The van der Waals surface area contributed by atoms with Gasteiger partial charge in [0.25, 0.3) is 0 Å². The second-order valence-corrected chi connectivity index (χ2v) is 7.51. The fraction of sp³-hybridized carbons (Fsp3) is 1.00. The van der Waals surface area contributed by atoms with Crippen molar-refractivity contribution in [2.75, 3.05) is 33.4 Å². The first-order valence-electron chi connectivity index (χ1n) is 7.86. The van der Waals surface area contributed by atoms with E-state index in [0.717, 1.165) is 42.3 Å². The molecule has 2 atom stereocenters. The number of hydrogen-bond acceptors (Lipinski definition) is 2. The van der Waals surface area contributed by atoms with E-state index in [1.165, 1.54) is 38.8 Å². The molecular formula is C16H29NO. The third kappa shape index (κ3) is 2.22. The first-order chi connectivity index (χ1) is 8.60. The van der Waals surface area contributed by atoms with Crippen LogP contribution in [-0.4, -0.2) is 38.3 Å². The molecule has 0 aromatic rings. The Hall–Kier alpha value is -0.0800. The van der Waals surface area contributed by atoms with Crippen LogP contribution in [0.4, 0.5) is 0 Å². The Balaban J connectivity index is 1.48. The quantitative estimate of drug-likeness (QED) is 0.764. The molecule has 2 saturated heterocycles. The Bertz CT molecular complexity index is 283. The van der Waals surface area contributed by atoms with Crippen LogP contribution in [0.15, 0.2) is 0 Å². The van der Waals surface area contributed by atoms with Gasteiger partial charge in [-0.15, -0.1) is 0 Å². The van der Waals surface area contributed by atoms with Gasteiger partial charge in [-0.25, -0.2) is 0 Å². The summed E-state index contributed by atoms with van der Waals surface area (Å²) < 4.78 is 5.50. The third-order valence-electron chi connectivity index (χ3n) is 6.18. The van der Waals surface area contributed by atoms with E-state index in [1.54, 1.807) is 0 Å². The molecule has 3 aliphatic rings. The van der Waals surface area contributed by atoms with E-state index in [9.17, 15) is 0 Å². The molecule has 1 saturated carbocycles. The summed E-state index contributed by atoms with van der Waals surface area (Å²) >= 11 is 0. The highest BCUT2D eigenvalue weighted by Crippen LogP contribution is 2.55. The summed E-state index contributed by atoms with van der Waals surface area (Å²) in [6, 6.07) is 0. The van der Waals surface area contributed by atoms with Crippen molar-refractivity contribution < 1.29 is 4.74 Å². The summed E-state index contributed by atoms with van der Waals surface area (Å²) in [7, 11) is 2.26. The number of nitrogens with zero attached hydrogens (tertiary/aromatic N) is 1. The number of ether oxygens (including phenoxy) is 1. The summed E-state index contributed by atoms with van der Waals surface area (Å²) in [4.78, 5) is 2.47. The van der Waals surface area contributed by atoms with Crippen molar-refractivity contribution in [3.8, 4) is 0 Å². The van der Waals surface area contributed by atoms with Gasteiger partial charge >= 0.3 is 0 Å². The lowest BCUT2D eigenvalue weighted by Gasteiger charge is -2.60. The molecule has 3 fully saturated rings. The second-order valence-electron chi connectivity index (χ2n) is 7.51. The van der Waals surface area contributed by atoms with Crippen molar-refractivity contribution in [3.05, 3.63) is 0 Å². The molecule has 0 aromatic heterocycles. The van der Waals surface area contributed by atoms with Gasteiger partial charge in [-0.1, -0.05) is 13.8 Å².